The van der Waals surface area contributed by atoms with Crippen molar-refractivity contribution in [1.29, 1.82) is 0 Å². The predicted molar refractivity (Wildman–Crippen MR) is 113 cm³/mol. The summed E-state index contributed by atoms with van der Waals surface area (Å²) in [5.74, 6) is 1.66. The van der Waals surface area contributed by atoms with Gasteiger partial charge in [0.25, 0.3) is 0 Å². The minimum Gasteiger partial charge on any atom is -0.497 e. The summed E-state index contributed by atoms with van der Waals surface area (Å²) >= 11 is 5.87. The van der Waals surface area contributed by atoms with E-state index >= 15 is 0 Å². The fraction of sp³-hybridized carbons (Fsp3) is 0.429. The Balaban J connectivity index is 1.66. The molecule has 0 aliphatic carbocycles. The molecule has 158 valence electrons. The molecule has 0 unspecified atom stereocenters. The van der Waals surface area contributed by atoms with E-state index in [1.165, 1.54) is 0 Å². The second kappa shape index (κ2) is 9.80. The molecule has 1 saturated heterocycles. The first-order valence-corrected chi connectivity index (χ1v) is 11.7. The number of aliphatic hydroxyl groups excluding tert-OH is 1. The van der Waals surface area contributed by atoms with Crippen LogP contribution in [0.2, 0.25) is 5.02 Å². The first-order chi connectivity index (χ1) is 13.8. The predicted octanol–water partition coefficient (Wildman–Crippen LogP) is 2.78. The fourth-order valence-corrected chi connectivity index (χ4v) is 5.35. The molecular weight excluding hydrogens is 414 g/mol. The zero-order chi connectivity index (χ0) is 20.9. The van der Waals surface area contributed by atoms with Gasteiger partial charge in [0.15, 0.2) is 9.84 Å². The number of rotatable bonds is 9. The molecule has 29 heavy (non-hydrogen) atoms. The van der Waals surface area contributed by atoms with Gasteiger partial charge in [-0.2, -0.15) is 0 Å². The molecule has 0 spiro atoms. The molecule has 3 rings (SSSR count). The highest BCUT2D eigenvalue weighted by atomic mass is 35.5. The highest BCUT2D eigenvalue weighted by Crippen LogP contribution is 2.22. The smallest absolute Gasteiger partial charge is 0.151 e. The molecule has 1 aliphatic rings. The van der Waals surface area contributed by atoms with Gasteiger partial charge in [-0.1, -0.05) is 23.7 Å². The third-order valence-electron chi connectivity index (χ3n) is 4.95. The minimum absolute atomic E-state index is 0.107. The number of ether oxygens (including phenoxy) is 2. The summed E-state index contributed by atoms with van der Waals surface area (Å²) in [5, 5.41) is 11.2. The van der Waals surface area contributed by atoms with Crippen LogP contribution in [0.5, 0.6) is 11.5 Å². The standard InChI is InChI=1S/C21H26ClNO5S/c1-27-21-4-2-3-16(11-21)12-23(18-9-10-29(25,26)15-18)13-19(24)14-28-20-7-5-17(22)6-8-20/h2-8,11,18-19,24H,9-10,12-15H2,1H3/t18-,19+/m0/s1. The Labute approximate surface area is 176 Å². The number of benzene rings is 2. The lowest BCUT2D eigenvalue weighted by Crippen LogP contribution is -2.42. The van der Waals surface area contributed by atoms with Gasteiger partial charge in [-0.05, 0) is 48.4 Å². The Hall–Kier alpha value is -1.80. The van der Waals surface area contributed by atoms with Crippen molar-refractivity contribution in [2.24, 2.45) is 0 Å². The van der Waals surface area contributed by atoms with Crippen LogP contribution in [0.15, 0.2) is 48.5 Å². The van der Waals surface area contributed by atoms with Gasteiger partial charge in [0, 0.05) is 24.2 Å². The molecule has 8 heteroatoms. The maximum atomic E-state index is 12.0. The van der Waals surface area contributed by atoms with Gasteiger partial charge in [0.1, 0.15) is 24.2 Å². The van der Waals surface area contributed by atoms with Gasteiger partial charge in [-0.15, -0.1) is 0 Å². The van der Waals surface area contributed by atoms with E-state index in [4.69, 9.17) is 21.1 Å². The van der Waals surface area contributed by atoms with E-state index in [9.17, 15) is 13.5 Å². The number of methoxy groups -OCH3 is 1. The number of aliphatic hydroxyl groups is 1. The molecule has 1 N–H and O–H groups in total. The molecular formula is C21H26ClNO5S. The lowest BCUT2D eigenvalue weighted by molar-refractivity contribution is 0.0524. The van der Waals surface area contributed by atoms with Gasteiger partial charge in [0.2, 0.25) is 0 Å². The molecule has 1 fully saturated rings. The monoisotopic (exact) mass is 439 g/mol. The minimum atomic E-state index is -3.03. The number of hydrogen-bond acceptors (Lipinski definition) is 6. The van der Waals surface area contributed by atoms with E-state index < -0.39 is 15.9 Å². The van der Waals surface area contributed by atoms with Crippen molar-refractivity contribution >= 4 is 21.4 Å². The lowest BCUT2D eigenvalue weighted by Gasteiger charge is -2.30. The van der Waals surface area contributed by atoms with Crippen LogP contribution in [0.25, 0.3) is 0 Å². The Morgan fingerprint density at radius 3 is 2.62 bits per heavy atom. The highest BCUT2D eigenvalue weighted by Gasteiger charge is 2.33. The molecule has 0 bridgehead atoms. The number of nitrogens with zero attached hydrogens (tertiary/aromatic N) is 1. The Morgan fingerprint density at radius 1 is 1.21 bits per heavy atom. The van der Waals surface area contributed by atoms with Crippen LogP contribution in [-0.4, -0.2) is 62.3 Å². The lowest BCUT2D eigenvalue weighted by atomic mass is 10.1. The maximum absolute atomic E-state index is 12.0. The van der Waals surface area contributed by atoms with Crippen LogP contribution in [0, 0.1) is 0 Å². The van der Waals surface area contributed by atoms with Crippen LogP contribution in [0.4, 0.5) is 0 Å². The molecule has 2 atom stereocenters. The molecule has 0 radical (unpaired) electrons. The molecule has 0 saturated carbocycles. The largest absolute Gasteiger partial charge is 0.497 e. The Kier molecular flexibility index (Phi) is 7.40. The average Bonchev–Trinajstić information content (AvgIpc) is 3.07. The molecule has 2 aromatic carbocycles. The number of halogens is 1. The topological polar surface area (TPSA) is 76.1 Å². The van der Waals surface area contributed by atoms with Gasteiger partial charge in [0.05, 0.1) is 18.6 Å². The third kappa shape index (κ3) is 6.60. The summed E-state index contributed by atoms with van der Waals surface area (Å²) in [4.78, 5) is 2.02. The van der Waals surface area contributed by atoms with E-state index in [1.807, 2.05) is 29.2 Å². The zero-order valence-electron chi connectivity index (χ0n) is 16.3. The van der Waals surface area contributed by atoms with Crippen LogP contribution in [-0.2, 0) is 16.4 Å². The summed E-state index contributed by atoms with van der Waals surface area (Å²) in [6.45, 7) is 0.941. The first-order valence-electron chi connectivity index (χ1n) is 9.48. The third-order valence-corrected chi connectivity index (χ3v) is 6.95. The van der Waals surface area contributed by atoms with Gasteiger partial charge in [-0.25, -0.2) is 8.42 Å². The SMILES string of the molecule is COc1cccc(CN(C[C@@H](O)COc2ccc(Cl)cc2)[C@H]2CCS(=O)(=O)C2)c1. The molecule has 1 aliphatic heterocycles. The summed E-state index contributed by atoms with van der Waals surface area (Å²) in [5.41, 5.74) is 1.000. The normalized spacial score (nSPS) is 19.2. The highest BCUT2D eigenvalue weighted by molar-refractivity contribution is 7.91. The van der Waals surface area contributed by atoms with E-state index in [0.29, 0.717) is 30.3 Å². The van der Waals surface area contributed by atoms with Crippen LogP contribution < -0.4 is 9.47 Å². The summed E-state index contributed by atoms with van der Waals surface area (Å²) < 4.78 is 34.9. The van der Waals surface area contributed by atoms with E-state index in [2.05, 4.69) is 0 Å². The van der Waals surface area contributed by atoms with Crippen molar-refractivity contribution in [1.82, 2.24) is 4.90 Å². The quantitative estimate of drug-likeness (QED) is 0.647. The second-order valence-corrected chi connectivity index (χ2v) is 9.92. The molecule has 1 heterocycles. The van der Waals surface area contributed by atoms with Crippen molar-refractivity contribution < 1.29 is 23.0 Å². The van der Waals surface area contributed by atoms with Gasteiger partial charge >= 0.3 is 0 Å². The van der Waals surface area contributed by atoms with Gasteiger partial charge in [-0.3, -0.25) is 4.90 Å². The van der Waals surface area contributed by atoms with Crippen molar-refractivity contribution in [3.05, 3.63) is 59.1 Å². The van der Waals surface area contributed by atoms with E-state index in [-0.39, 0.29) is 24.2 Å². The second-order valence-electron chi connectivity index (χ2n) is 7.26. The van der Waals surface area contributed by atoms with Crippen molar-refractivity contribution in [2.45, 2.75) is 25.1 Å². The van der Waals surface area contributed by atoms with Crippen LogP contribution in [0.3, 0.4) is 0 Å². The fourth-order valence-electron chi connectivity index (χ4n) is 3.46. The van der Waals surface area contributed by atoms with Crippen molar-refractivity contribution in [2.75, 3.05) is 31.8 Å². The maximum Gasteiger partial charge on any atom is 0.151 e. The molecule has 6 nitrogen and oxygen atoms in total. The average molecular weight is 440 g/mol. The zero-order valence-corrected chi connectivity index (χ0v) is 17.9. The Morgan fingerprint density at radius 2 is 1.97 bits per heavy atom. The van der Waals surface area contributed by atoms with Gasteiger partial charge < -0.3 is 14.6 Å². The van der Waals surface area contributed by atoms with Crippen molar-refractivity contribution in [3.8, 4) is 11.5 Å². The summed E-state index contributed by atoms with van der Waals surface area (Å²) in [7, 11) is -1.42. The Bertz CT molecular complexity index is 904. The summed E-state index contributed by atoms with van der Waals surface area (Å²) in [6, 6.07) is 14.5. The van der Waals surface area contributed by atoms with Crippen molar-refractivity contribution in [3.63, 3.8) is 0 Å². The number of sulfone groups is 1. The van der Waals surface area contributed by atoms with E-state index in [0.717, 1.165) is 11.3 Å². The number of hydrogen-bond donors (Lipinski definition) is 1. The molecule has 0 amide bonds. The van der Waals surface area contributed by atoms with Crippen LogP contribution in [0.1, 0.15) is 12.0 Å². The van der Waals surface area contributed by atoms with E-state index in [1.54, 1.807) is 31.4 Å². The summed E-state index contributed by atoms with van der Waals surface area (Å²) in [6.07, 6.45) is -0.198. The first kappa shape index (κ1) is 21.9. The molecule has 2 aromatic rings. The van der Waals surface area contributed by atoms with Crippen LogP contribution >= 0.6 is 11.6 Å². The molecule has 0 aromatic heterocycles.